The second kappa shape index (κ2) is 10.8. The van der Waals surface area contributed by atoms with Crippen molar-refractivity contribution in [1.29, 1.82) is 0 Å². The summed E-state index contributed by atoms with van der Waals surface area (Å²) in [6, 6.07) is 4.38. The third kappa shape index (κ3) is 6.74. The second-order valence-electron chi connectivity index (χ2n) is 9.97. The first-order valence-corrected chi connectivity index (χ1v) is 14.6. The van der Waals surface area contributed by atoms with Crippen LogP contribution in [0.1, 0.15) is 79.2 Å². The predicted molar refractivity (Wildman–Crippen MR) is 141 cm³/mol. The third-order valence-electron chi connectivity index (χ3n) is 5.69. The summed E-state index contributed by atoms with van der Waals surface area (Å²) >= 11 is 7.01. The maximum absolute atomic E-state index is 14.4. The van der Waals surface area contributed by atoms with Gasteiger partial charge in [0.1, 0.15) is 20.7 Å². The Morgan fingerprint density at radius 3 is 2.49 bits per heavy atom. The number of nitrogens with one attached hydrogen (secondary N) is 1. The second-order valence-corrected chi connectivity index (χ2v) is 13.9. The zero-order valence-electron chi connectivity index (χ0n) is 21.7. The number of halogens is 3. The fourth-order valence-electron chi connectivity index (χ4n) is 3.91. The first kappa shape index (κ1) is 29.2. The molecule has 0 aliphatic heterocycles. The van der Waals surface area contributed by atoms with Crippen LogP contribution in [-0.4, -0.2) is 34.6 Å². The van der Waals surface area contributed by atoms with Crippen LogP contribution < -0.4 is 5.32 Å². The van der Waals surface area contributed by atoms with Gasteiger partial charge in [-0.3, -0.25) is 4.79 Å². The minimum atomic E-state index is -3.39. The molecule has 0 aliphatic rings. The maximum atomic E-state index is 14.4. The van der Waals surface area contributed by atoms with Crippen LogP contribution >= 0.6 is 22.9 Å². The van der Waals surface area contributed by atoms with E-state index >= 15 is 0 Å². The molecule has 202 valence electrons. The van der Waals surface area contributed by atoms with Crippen LogP contribution in [0.3, 0.4) is 0 Å². The smallest absolute Gasteiger partial charge is 0.272 e. The lowest BCUT2D eigenvalue weighted by molar-refractivity contribution is 0.0164. The number of sulfone groups is 1. The highest BCUT2D eigenvalue weighted by atomic mass is 35.5. The van der Waals surface area contributed by atoms with E-state index in [0.717, 1.165) is 18.3 Å². The summed E-state index contributed by atoms with van der Waals surface area (Å²) in [7, 11) is -3.39. The highest BCUT2D eigenvalue weighted by Gasteiger charge is 2.31. The van der Waals surface area contributed by atoms with Crippen LogP contribution in [0.5, 0.6) is 0 Å². The first-order chi connectivity index (χ1) is 17.0. The van der Waals surface area contributed by atoms with Gasteiger partial charge in [0.25, 0.3) is 11.8 Å². The number of rotatable bonds is 9. The molecule has 1 N–H and O–H groups in total. The number of aromatic nitrogens is 3. The lowest BCUT2D eigenvalue weighted by Crippen LogP contribution is -2.24. The van der Waals surface area contributed by atoms with E-state index in [1.165, 1.54) is 12.3 Å². The molecule has 0 atom stereocenters. The van der Waals surface area contributed by atoms with E-state index < -0.39 is 27.1 Å². The van der Waals surface area contributed by atoms with Crippen molar-refractivity contribution in [2.75, 3.05) is 5.75 Å². The number of carbonyl (C=O) groups is 1. The van der Waals surface area contributed by atoms with Gasteiger partial charge in [-0.15, -0.1) is 11.3 Å². The van der Waals surface area contributed by atoms with E-state index in [1.54, 1.807) is 30.5 Å². The molecule has 0 radical (unpaired) electrons. The van der Waals surface area contributed by atoms with E-state index in [0.29, 0.717) is 28.5 Å². The fourth-order valence-corrected chi connectivity index (χ4v) is 6.67. The SMILES string of the molecule is CCCS(=O)(=O)c1cnc(CNC(=O)c2nc(C(C)(C)C)n(Cc3ccc(Cl)cc3C(C)(F)F)c2C)s1. The van der Waals surface area contributed by atoms with Crippen molar-refractivity contribution in [2.24, 2.45) is 0 Å². The Kier molecular flexibility index (Phi) is 8.51. The number of imidazole rings is 1. The van der Waals surface area contributed by atoms with E-state index in [-0.39, 0.29) is 39.3 Å². The quantitative estimate of drug-likeness (QED) is 0.346. The summed E-state index contributed by atoms with van der Waals surface area (Å²) in [6.45, 7) is 10.2. The molecule has 1 aromatic carbocycles. The van der Waals surface area contributed by atoms with Gasteiger partial charge < -0.3 is 9.88 Å². The van der Waals surface area contributed by atoms with Crippen molar-refractivity contribution in [3.63, 3.8) is 0 Å². The summed E-state index contributed by atoms with van der Waals surface area (Å²) in [5, 5.41) is 3.42. The Balaban J connectivity index is 1.90. The highest BCUT2D eigenvalue weighted by molar-refractivity contribution is 7.93. The average Bonchev–Trinajstić information content (AvgIpc) is 3.38. The van der Waals surface area contributed by atoms with Gasteiger partial charge in [-0.05, 0) is 31.0 Å². The lowest BCUT2D eigenvalue weighted by atomic mass is 9.95. The van der Waals surface area contributed by atoms with Crippen molar-refractivity contribution < 1.29 is 22.0 Å². The lowest BCUT2D eigenvalue weighted by Gasteiger charge is -2.23. The van der Waals surface area contributed by atoms with Crippen molar-refractivity contribution in [3.8, 4) is 0 Å². The molecule has 3 rings (SSSR count). The molecular weight excluding hydrogens is 542 g/mol. The van der Waals surface area contributed by atoms with Crippen LogP contribution in [0.4, 0.5) is 8.78 Å². The number of benzene rings is 1. The molecule has 3 aromatic rings. The number of hydrogen-bond donors (Lipinski definition) is 1. The Hall–Kier alpha value is -2.37. The van der Waals surface area contributed by atoms with Gasteiger partial charge in [0.15, 0.2) is 9.84 Å². The topological polar surface area (TPSA) is 93.9 Å². The van der Waals surface area contributed by atoms with Gasteiger partial charge >= 0.3 is 0 Å². The van der Waals surface area contributed by atoms with Crippen LogP contribution in [0.2, 0.25) is 5.02 Å². The Labute approximate surface area is 225 Å². The molecule has 7 nitrogen and oxygen atoms in total. The fraction of sp³-hybridized carbons (Fsp3) is 0.480. The average molecular weight is 573 g/mol. The summed E-state index contributed by atoms with van der Waals surface area (Å²) in [5.74, 6) is -2.97. The number of amides is 1. The third-order valence-corrected chi connectivity index (χ3v) is 9.40. The van der Waals surface area contributed by atoms with Crippen LogP contribution in [0, 0.1) is 6.92 Å². The standard InChI is InChI=1S/C25H31ClF2N4O3S2/c1-7-10-37(34,35)20-13-29-19(36-20)12-30-22(33)21-15(2)32(23(31-21)24(3,4)5)14-16-8-9-17(26)11-18(16)25(6,27)28/h8-9,11,13H,7,10,12,14H2,1-6H3,(H,30,33). The molecule has 2 heterocycles. The van der Waals surface area contributed by atoms with Gasteiger partial charge in [0.05, 0.1) is 18.5 Å². The van der Waals surface area contributed by atoms with Gasteiger partial charge in [-0.2, -0.15) is 0 Å². The van der Waals surface area contributed by atoms with Gasteiger partial charge in [0, 0.05) is 35.2 Å². The number of thiazole rings is 1. The van der Waals surface area contributed by atoms with Crippen LogP contribution in [0.15, 0.2) is 28.6 Å². The molecule has 0 aliphatic carbocycles. The molecule has 0 unspecified atom stereocenters. The Morgan fingerprint density at radius 2 is 1.89 bits per heavy atom. The van der Waals surface area contributed by atoms with Crippen molar-refractivity contribution in [2.45, 2.75) is 76.6 Å². The monoisotopic (exact) mass is 572 g/mol. The minimum absolute atomic E-state index is 0.0334. The number of carbonyl (C=O) groups excluding carboxylic acids is 1. The zero-order valence-corrected chi connectivity index (χ0v) is 24.0. The molecule has 37 heavy (non-hydrogen) atoms. The molecule has 1 amide bonds. The molecule has 0 fully saturated rings. The Morgan fingerprint density at radius 1 is 1.22 bits per heavy atom. The van der Waals surface area contributed by atoms with Gasteiger partial charge in [0.2, 0.25) is 0 Å². The molecule has 12 heteroatoms. The summed E-state index contributed by atoms with van der Waals surface area (Å²) < 4.78 is 55.2. The number of alkyl halides is 2. The maximum Gasteiger partial charge on any atom is 0.272 e. The first-order valence-electron chi connectivity index (χ1n) is 11.7. The highest BCUT2D eigenvalue weighted by Crippen LogP contribution is 2.34. The van der Waals surface area contributed by atoms with Crippen LogP contribution in [0.25, 0.3) is 0 Å². The van der Waals surface area contributed by atoms with Crippen molar-refractivity contribution in [3.05, 3.63) is 62.8 Å². The van der Waals surface area contributed by atoms with Gasteiger partial charge in [-0.1, -0.05) is 45.4 Å². The van der Waals surface area contributed by atoms with Crippen molar-refractivity contribution in [1.82, 2.24) is 19.9 Å². The summed E-state index contributed by atoms with van der Waals surface area (Å²) in [4.78, 5) is 21.8. The summed E-state index contributed by atoms with van der Waals surface area (Å²) in [5.41, 5.74) is 0.393. The van der Waals surface area contributed by atoms with Gasteiger partial charge in [-0.25, -0.2) is 27.2 Å². The van der Waals surface area contributed by atoms with E-state index in [9.17, 15) is 22.0 Å². The van der Waals surface area contributed by atoms with E-state index in [1.807, 2.05) is 20.8 Å². The molecule has 0 spiro atoms. The molecule has 0 bridgehead atoms. The molecule has 0 saturated heterocycles. The largest absolute Gasteiger partial charge is 0.344 e. The number of nitrogens with zero attached hydrogens (tertiary/aromatic N) is 3. The molecule has 2 aromatic heterocycles. The number of hydrogen-bond acceptors (Lipinski definition) is 6. The minimum Gasteiger partial charge on any atom is -0.344 e. The summed E-state index contributed by atoms with van der Waals surface area (Å²) in [6.07, 6.45) is 1.81. The molecular formula is C25H31ClF2N4O3S2. The normalized spacial score (nSPS) is 12.7. The zero-order chi connectivity index (χ0) is 27.8. The van der Waals surface area contributed by atoms with Crippen LogP contribution in [-0.2, 0) is 34.3 Å². The van der Waals surface area contributed by atoms with E-state index in [2.05, 4.69) is 15.3 Å². The van der Waals surface area contributed by atoms with E-state index in [4.69, 9.17) is 11.6 Å². The predicted octanol–water partition coefficient (Wildman–Crippen LogP) is 5.87. The Bertz CT molecular complexity index is 1400. The van der Waals surface area contributed by atoms with Crippen molar-refractivity contribution >= 4 is 38.7 Å². The molecule has 0 saturated carbocycles.